The number of hydrogen-bond acceptors (Lipinski definition) is 3. The lowest BCUT2D eigenvalue weighted by atomic mass is 9.89. The molecule has 0 radical (unpaired) electrons. The summed E-state index contributed by atoms with van der Waals surface area (Å²) in [6.07, 6.45) is 2.42. The highest BCUT2D eigenvalue weighted by molar-refractivity contribution is 5.82. The van der Waals surface area contributed by atoms with E-state index in [-0.39, 0.29) is 29.4 Å². The minimum absolute atomic E-state index is 0.0428. The van der Waals surface area contributed by atoms with E-state index >= 15 is 0 Å². The fourth-order valence-electron chi connectivity index (χ4n) is 3.07. The van der Waals surface area contributed by atoms with Gasteiger partial charge in [-0.3, -0.25) is 9.59 Å². The Labute approximate surface area is 108 Å². The van der Waals surface area contributed by atoms with Crippen molar-refractivity contribution in [1.82, 2.24) is 10.2 Å². The predicted molar refractivity (Wildman–Crippen MR) is 67.2 cm³/mol. The molecule has 5 heteroatoms. The van der Waals surface area contributed by atoms with Crippen LogP contribution in [0.4, 0.5) is 0 Å². The van der Waals surface area contributed by atoms with Crippen molar-refractivity contribution in [2.45, 2.75) is 57.7 Å². The number of nitrogens with zero attached hydrogens (tertiary/aromatic N) is 1. The molecular formula is C13H22N2O3. The highest BCUT2D eigenvalue weighted by Gasteiger charge is 2.51. The van der Waals surface area contributed by atoms with E-state index in [2.05, 4.69) is 5.32 Å². The first-order valence-electron chi connectivity index (χ1n) is 6.58. The van der Waals surface area contributed by atoms with Crippen LogP contribution in [-0.2, 0) is 9.59 Å². The molecule has 2 N–H and O–H groups in total. The van der Waals surface area contributed by atoms with Crippen molar-refractivity contribution in [3.8, 4) is 0 Å². The fraction of sp³-hybridized carbons (Fsp3) is 0.846. The summed E-state index contributed by atoms with van der Waals surface area (Å²) < 4.78 is 0. The number of carbonyl (C=O) groups is 2. The molecular weight excluding hydrogens is 232 g/mol. The lowest BCUT2D eigenvalue weighted by Gasteiger charge is -2.26. The molecule has 2 heterocycles. The Morgan fingerprint density at radius 3 is 2.50 bits per heavy atom. The monoisotopic (exact) mass is 254 g/mol. The minimum atomic E-state index is -0.760. The highest BCUT2D eigenvalue weighted by atomic mass is 16.4. The van der Waals surface area contributed by atoms with Gasteiger partial charge >= 0.3 is 5.97 Å². The van der Waals surface area contributed by atoms with E-state index in [1.807, 2.05) is 25.7 Å². The third-order valence-corrected chi connectivity index (χ3v) is 3.91. The van der Waals surface area contributed by atoms with Gasteiger partial charge in [0.15, 0.2) is 0 Å². The van der Waals surface area contributed by atoms with Gasteiger partial charge in [0.2, 0.25) is 5.91 Å². The molecule has 18 heavy (non-hydrogen) atoms. The number of aliphatic carboxylic acids is 1. The minimum Gasteiger partial charge on any atom is -0.481 e. The topological polar surface area (TPSA) is 69.6 Å². The molecule has 0 aromatic carbocycles. The molecule has 2 saturated heterocycles. The van der Waals surface area contributed by atoms with Crippen LogP contribution in [0.5, 0.6) is 0 Å². The van der Waals surface area contributed by atoms with Crippen molar-refractivity contribution in [3.63, 3.8) is 0 Å². The van der Waals surface area contributed by atoms with Crippen molar-refractivity contribution in [3.05, 3.63) is 0 Å². The summed E-state index contributed by atoms with van der Waals surface area (Å²) in [5.41, 5.74) is -0.0966. The van der Waals surface area contributed by atoms with E-state index in [0.29, 0.717) is 13.0 Å². The van der Waals surface area contributed by atoms with Crippen molar-refractivity contribution < 1.29 is 14.7 Å². The maximum atomic E-state index is 12.2. The maximum absolute atomic E-state index is 12.2. The smallest absolute Gasteiger partial charge is 0.308 e. The SMILES string of the molecule is CC(C)(C)NCC(=O)N1C2CCC1C(C(=O)O)C2. The zero-order valence-corrected chi connectivity index (χ0v) is 11.3. The van der Waals surface area contributed by atoms with E-state index in [1.54, 1.807) is 0 Å². The summed E-state index contributed by atoms with van der Waals surface area (Å²) in [6.45, 7) is 6.33. The molecule has 0 spiro atoms. The van der Waals surface area contributed by atoms with Crippen molar-refractivity contribution >= 4 is 11.9 Å². The molecule has 3 atom stereocenters. The molecule has 0 aliphatic carbocycles. The molecule has 2 fully saturated rings. The summed E-state index contributed by atoms with van der Waals surface area (Å²) in [5, 5.41) is 12.3. The zero-order valence-electron chi connectivity index (χ0n) is 11.3. The van der Waals surface area contributed by atoms with Crippen LogP contribution < -0.4 is 5.32 Å². The Balaban J connectivity index is 1.98. The van der Waals surface area contributed by atoms with Gasteiger partial charge in [-0.2, -0.15) is 0 Å². The molecule has 5 nitrogen and oxygen atoms in total. The first-order valence-corrected chi connectivity index (χ1v) is 6.58. The van der Waals surface area contributed by atoms with E-state index in [4.69, 9.17) is 5.11 Å². The van der Waals surface area contributed by atoms with Crippen LogP contribution >= 0.6 is 0 Å². The third kappa shape index (κ3) is 2.51. The molecule has 3 unspecified atom stereocenters. The molecule has 102 valence electrons. The van der Waals surface area contributed by atoms with Gasteiger partial charge in [0.05, 0.1) is 12.5 Å². The van der Waals surface area contributed by atoms with Crippen molar-refractivity contribution in [1.29, 1.82) is 0 Å². The van der Waals surface area contributed by atoms with Crippen molar-refractivity contribution in [2.75, 3.05) is 6.54 Å². The maximum Gasteiger partial charge on any atom is 0.308 e. The molecule has 2 aliphatic heterocycles. The number of carbonyl (C=O) groups excluding carboxylic acids is 1. The van der Waals surface area contributed by atoms with Crippen LogP contribution in [0.1, 0.15) is 40.0 Å². The summed E-state index contributed by atoms with van der Waals surface area (Å²) >= 11 is 0. The summed E-state index contributed by atoms with van der Waals surface area (Å²) in [7, 11) is 0. The second-order valence-electron chi connectivity index (χ2n) is 6.38. The third-order valence-electron chi connectivity index (χ3n) is 3.91. The number of nitrogens with one attached hydrogen (secondary N) is 1. The van der Waals surface area contributed by atoms with Crippen LogP contribution in [0.15, 0.2) is 0 Å². The van der Waals surface area contributed by atoms with Gasteiger partial charge in [-0.15, -0.1) is 0 Å². The number of hydrogen-bond donors (Lipinski definition) is 2. The summed E-state index contributed by atoms with van der Waals surface area (Å²) in [5.74, 6) is -1.08. The number of rotatable bonds is 3. The lowest BCUT2D eigenvalue weighted by Crippen LogP contribution is -2.47. The molecule has 2 aliphatic rings. The van der Waals surface area contributed by atoms with Crippen LogP contribution in [0, 0.1) is 5.92 Å². The Morgan fingerprint density at radius 2 is 2.00 bits per heavy atom. The zero-order chi connectivity index (χ0) is 13.5. The normalized spacial score (nSPS) is 30.8. The molecule has 0 saturated carbocycles. The lowest BCUT2D eigenvalue weighted by molar-refractivity contribution is -0.143. The number of amides is 1. The Bertz CT molecular complexity index is 362. The molecule has 1 amide bonds. The van der Waals surface area contributed by atoms with Crippen LogP contribution in [-0.4, -0.2) is 46.1 Å². The molecule has 0 aromatic rings. The van der Waals surface area contributed by atoms with E-state index in [1.165, 1.54) is 0 Å². The quantitative estimate of drug-likeness (QED) is 0.783. The Morgan fingerprint density at radius 1 is 1.33 bits per heavy atom. The van der Waals surface area contributed by atoms with Gasteiger partial charge in [0.25, 0.3) is 0 Å². The Hall–Kier alpha value is -1.10. The second-order valence-corrected chi connectivity index (χ2v) is 6.38. The summed E-state index contributed by atoms with van der Waals surface area (Å²) in [4.78, 5) is 25.1. The fourth-order valence-corrected chi connectivity index (χ4v) is 3.07. The number of fused-ring (bicyclic) bond motifs is 2. The van der Waals surface area contributed by atoms with E-state index in [9.17, 15) is 9.59 Å². The van der Waals surface area contributed by atoms with Gasteiger partial charge in [-0.1, -0.05) is 0 Å². The summed E-state index contributed by atoms with van der Waals surface area (Å²) in [6, 6.07) is 0.0622. The molecule has 2 bridgehead atoms. The van der Waals surface area contributed by atoms with Crippen molar-refractivity contribution in [2.24, 2.45) is 5.92 Å². The number of carboxylic acids is 1. The van der Waals surface area contributed by atoms with Gasteiger partial charge in [0, 0.05) is 17.6 Å². The Kier molecular flexibility index (Phi) is 3.36. The standard InChI is InChI=1S/C13H22N2O3/c1-13(2,3)14-7-11(16)15-8-4-5-10(15)9(6-8)12(17)18/h8-10,14H,4-7H2,1-3H3,(H,17,18). The average Bonchev–Trinajstić information content (AvgIpc) is 2.81. The second kappa shape index (κ2) is 4.53. The van der Waals surface area contributed by atoms with Gasteiger partial charge in [-0.25, -0.2) is 0 Å². The van der Waals surface area contributed by atoms with Crippen LogP contribution in [0.25, 0.3) is 0 Å². The van der Waals surface area contributed by atoms with E-state index in [0.717, 1.165) is 12.8 Å². The van der Waals surface area contributed by atoms with E-state index < -0.39 is 5.97 Å². The van der Waals surface area contributed by atoms with Crippen LogP contribution in [0.2, 0.25) is 0 Å². The molecule has 0 aromatic heterocycles. The first-order chi connectivity index (χ1) is 8.29. The highest BCUT2D eigenvalue weighted by Crippen LogP contribution is 2.41. The predicted octanol–water partition coefficient (Wildman–Crippen LogP) is 0.839. The van der Waals surface area contributed by atoms with Gasteiger partial charge in [-0.05, 0) is 40.0 Å². The molecule has 2 rings (SSSR count). The van der Waals surface area contributed by atoms with Gasteiger partial charge < -0.3 is 15.3 Å². The first kappa shape index (κ1) is 13.3. The largest absolute Gasteiger partial charge is 0.481 e. The van der Waals surface area contributed by atoms with Crippen LogP contribution in [0.3, 0.4) is 0 Å². The average molecular weight is 254 g/mol. The van der Waals surface area contributed by atoms with Gasteiger partial charge in [0.1, 0.15) is 0 Å². The number of carboxylic acid groups (broad SMARTS) is 1.